The Morgan fingerprint density at radius 2 is 1.80 bits per heavy atom. The first kappa shape index (κ1) is 16.3. The molecule has 1 fully saturated rings. The summed E-state index contributed by atoms with van der Waals surface area (Å²) < 4.78 is 4.95. The molecule has 126 valence electrons. The van der Waals surface area contributed by atoms with E-state index < -0.39 is 17.8 Å². The van der Waals surface area contributed by atoms with Gasteiger partial charge in [-0.15, -0.1) is 0 Å². The number of methoxy groups -OCH3 is 1. The Labute approximate surface area is 143 Å². The van der Waals surface area contributed by atoms with E-state index in [4.69, 9.17) is 4.74 Å². The van der Waals surface area contributed by atoms with Crippen molar-refractivity contribution < 1.29 is 24.2 Å². The summed E-state index contributed by atoms with van der Waals surface area (Å²) in [6.45, 7) is 0. The van der Waals surface area contributed by atoms with Crippen LogP contribution in [0.5, 0.6) is 11.5 Å². The van der Waals surface area contributed by atoms with E-state index >= 15 is 0 Å². The van der Waals surface area contributed by atoms with Crippen molar-refractivity contribution in [3.05, 3.63) is 59.7 Å². The number of nitrogens with one attached hydrogen (secondary N) is 1. The second-order valence-corrected chi connectivity index (χ2v) is 5.22. The summed E-state index contributed by atoms with van der Waals surface area (Å²) in [5, 5.41) is 12.0. The van der Waals surface area contributed by atoms with Crippen molar-refractivity contribution in [1.82, 2.24) is 5.32 Å². The Morgan fingerprint density at radius 1 is 1.08 bits per heavy atom. The van der Waals surface area contributed by atoms with Crippen LogP contribution in [0.2, 0.25) is 0 Å². The van der Waals surface area contributed by atoms with E-state index in [1.807, 2.05) is 0 Å². The lowest BCUT2D eigenvalue weighted by molar-refractivity contribution is -0.122. The van der Waals surface area contributed by atoms with Crippen molar-refractivity contribution in [3.8, 4) is 11.5 Å². The number of phenols is 1. The third-order valence-corrected chi connectivity index (χ3v) is 3.63. The van der Waals surface area contributed by atoms with Gasteiger partial charge in [-0.3, -0.25) is 14.9 Å². The average molecular weight is 338 g/mol. The molecular weight excluding hydrogens is 324 g/mol. The van der Waals surface area contributed by atoms with E-state index in [0.717, 1.165) is 4.90 Å². The molecule has 1 aliphatic heterocycles. The molecule has 0 aliphatic carbocycles. The molecule has 2 aromatic carbocycles. The number of benzene rings is 2. The molecule has 0 atom stereocenters. The number of imide groups is 2. The van der Waals surface area contributed by atoms with E-state index in [2.05, 4.69) is 5.32 Å². The Morgan fingerprint density at radius 3 is 2.44 bits per heavy atom. The minimum absolute atomic E-state index is 0.128. The maximum Gasteiger partial charge on any atom is 0.335 e. The fourth-order valence-electron chi connectivity index (χ4n) is 2.43. The van der Waals surface area contributed by atoms with Crippen molar-refractivity contribution >= 4 is 29.6 Å². The summed E-state index contributed by atoms with van der Waals surface area (Å²) >= 11 is 0. The number of barbiturate groups is 1. The van der Waals surface area contributed by atoms with E-state index in [9.17, 15) is 19.5 Å². The van der Waals surface area contributed by atoms with Gasteiger partial charge in [0.2, 0.25) is 0 Å². The maximum absolute atomic E-state index is 12.6. The van der Waals surface area contributed by atoms with Gasteiger partial charge in [-0.05, 0) is 35.9 Å². The number of rotatable bonds is 3. The van der Waals surface area contributed by atoms with Crippen LogP contribution in [-0.2, 0) is 9.59 Å². The van der Waals surface area contributed by atoms with Gasteiger partial charge in [0, 0.05) is 0 Å². The highest BCUT2D eigenvalue weighted by molar-refractivity contribution is 6.39. The number of carbonyl (C=O) groups is 3. The zero-order valence-corrected chi connectivity index (χ0v) is 13.2. The number of hydrogen-bond acceptors (Lipinski definition) is 5. The SMILES string of the molecule is COc1ccc(/C=C2\C(=O)NC(=O)N(c3ccccc3)C2=O)cc1O. The number of para-hydroxylation sites is 1. The highest BCUT2D eigenvalue weighted by atomic mass is 16.5. The first-order chi connectivity index (χ1) is 12.0. The molecule has 25 heavy (non-hydrogen) atoms. The van der Waals surface area contributed by atoms with Gasteiger partial charge in [0.25, 0.3) is 11.8 Å². The number of urea groups is 1. The minimum Gasteiger partial charge on any atom is -0.504 e. The monoisotopic (exact) mass is 338 g/mol. The van der Waals surface area contributed by atoms with Gasteiger partial charge in [0.1, 0.15) is 5.57 Å². The first-order valence-corrected chi connectivity index (χ1v) is 7.35. The molecule has 2 aromatic rings. The number of nitrogens with zero attached hydrogens (tertiary/aromatic N) is 1. The van der Waals surface area contributed by atoms with Crippen LogP contribution in [0.15, 0.2) is 54.1 Å². The van der Waals surface area contributed by atoms with Crippen LogP contribution in [0.1, 0.15) is 5.56 Å². The van der Waals surface area contributed by atoms with E-state index in [1.165, 1.54) is 25.3 Å². The maximum atomic E-state index is 12.6. The van der Waals surface area contributed by atoms with Crippen molar-refractivity contribution in [3.63, 3.8) is 0 Å². The molecule has 7 heteroatoms. The number of phenolic OH excluding ortho intramolecular Hbond substituents is 1. The fraction of sp³-hybridized carbons (Fsp3) is 0.0556. The van der Waals surface area contributed by atoms with Gasteiger partial charge in [-0.1, -0.05) is 24.3 Å². The van der Waals surface area contributed by atoms with Gasteiger partial charge in [0.15, 0.2) is 11.5 Å². The zero-order valence-electron chi connectivity index (χ0n) is 13.2. The summed E-state index contributed by atoms with van der Waals surface area (Å²) in [4.78, 5) is 37.6. The highest BCUT2D eigenvalue weighted by Gasteiger charge is 2.36. The third-order valence-electron chi connectivity index (χ3n) is 3.63. The summed E-state index contributed by atoms with van der Waals surface area (Å²) in [6, 6.07) is 11.9. The van der Waals surface area contributed by atoms with Gasteiger partial charge in [-0.2, -0.15) is 0 Å². The van der Waals surface area contributed by atoms with E-state index in [0.29, 0.717) is 11.3 Å². The average Bonchev–Trinajstić information content (AvgIpc) is 2.59. The molecule has 2 N–H and O–H groups in total. The van der Waals surface area contributed by atoms with Gasteiger partial charge < -0.3 is 9.84 Å². The summed E-state index contributed by atoms with van der Waals surface area (Å²) in [5.41, 5.74) is 0.549. The van der Waals surface area contributed by atoms with Gasteiger partial charge in [0.05, 0.1) is 12.8 Å². The van der Waals surface area contributed by atoms with Crippen molar-refractivity contribution in [2.75, 3.05) is 12.0 Å². The molecular formula is C18H14N2O5. The largest absolute Gasteiger partial charge is 0.504 e. The molecule has 0 saturated carbocycles. The highest BCUT2D eigenvalue weighted by Crippen LogP contribution is 2.28. The topological polar surface area (TPSA) is 95.9 Å². The lowest BCUT2D eigenvalue weighted by Gasteiger charge is -2.26. The number of ether oxygens (including phenoxy) is 1. The Kier molecular flexibility index (Phi) is 4.21. The van der Waals surface area contributed by atoms with Crippen molar-refractivity contribution in [2.24, 2.45) is 0 Å². The van der Waals surface area contributed by atoms with Crippen LogP contribution in [-0.4, -0.2) is 30.1 Å². The van der Waals surface area contributed by atoms with Crippen LogP contribution in [0.3, 0.4) is 0 Å². The number of amides is 4. The van der Waals surface area contributed by atoms with Gasteiger partial charge >= 0.3 is 6.03 Å². The minimum atomic E-state index is -0.809. The quantitative estimate of drug-likeness (QED) is 0.660. The molecule has 0 spiro atoms. The van der Waals surface area contributed by atoms with Crippen LogP contribution in [0.25, 0.3) is 6.08 Å². The molecule has 3 rings (SSSR count). The second-order valence-electron chi connectivity index (χ2n) is 5.22. The lowest BCUT2D eigenvalue weighted by atomic mass is 10.1. The Hall–Kier alpha value is -3.61. The Balaban J connectivity index is 2.00. The summed E-state index contributed by atoms with van der Waals surface area (Å²) in [5.74, 6) is -1.40. The smallest absolute Gasteiger partial charge is 0.335 e. The normalized spacial score (nSPS) is 16.1. The molecule has 1 saturated heterocycles. The first-order valence-electron chi connectivity index (χ1n) is 7.35. The fourth-order valence-corrected chi connectivity index (χ4v) is 2.43. The second kappa shape index (κ2) is 6.48. The predicted octanol–water partition coefficient (Wildman–Crippen LogP) is 2.07. The van der Waals surface area contributed by atoms with E-state index in [1.54, 1.807) is 36.4 Å². The summed E-state index contributed by atoms with van der Waals surface area (Å²) in [6.07, 6.45) is 1.30. The number of aromatic hydroxyl groups is 1. The number of hydrogen-bond donors (Lipinski definition) is 2. The molecule has 4 amide bonds. The zero-order chi connectivity index (χ0) is 18.0. The molecule has 0 aromatic heterocycles. The predicted molar refractivity (Wildman–Crippen MR) is 90.1 cm³/mol. The van der Waals surface area contributed by atoms with E-state index in [-0.39, 0.29) is 17.1 Å². The Bertz CT molecular complexity index is 890. The van der Waals surface area contributed by atoms with Crippen LogP contribution < -0.4 is 15.0 Å². The standard InChI is InChI=1S/C18H14N2O5/c1-25-15-8-7-11(10-14(15)21)9-13-16(22)19-18(24)20(17(13)23)12-5-3-2-4-6-12/h2-10,21H,1H3,(H,19,22,24)/b13-9+. The molecule has 0 unspecified atom stereocenters. The number of anilines is 1. The molecule has 7 nitrogen and oxygen atoms in total. The van der Waals surface area contributed by atoms with Gasteiger partial charge in [-0.25, -0.2) is 9.69 Å². The van der Waals surface area contributed by atoms with Crippen molar-refractivity contribution in [2.45, 2.75) is 0 Å². The van der Waals surface area contributed by atoms with Crippen LogP contribution in [0.4, 0.5) is 10.5 Å². The molecule has 1 aliphatic rings. The number of carbonyl (C=O) groups excluding carboxylic acids is 3. The third kappa shape index (κ3) is 3.07. The van der Waals surface area contributed by atoms with Crippen LogP contribution >= 0.6 is 0 Å². The van der Waals surface area contributed by atoms with Crippen LogP contribution in [0, 0.1) is 0 Å². The molecule has 1 heterocycles. The summed E-state index contributed by atoms with van der Waals surface area (Å²) in [7, 11) is 1.41. The molecule has 0 radical (unpaired) electrons. The van der Waals surface area contributed by atoms with Crippen molar-refractivity contribution in [1.29, 1.82) is 0 Å². The molecule has 0 bridgehead atoms. The lowest BCUT2D eigenvalue weighted by Crippen LogP contribution is -2.54.